The van der Waals surface area contributed by atoms with E-state index in [-0.39, 0.29) is 18.3 Å². The molecule has 0 saturated heterocycles. The van der Waals surface area contributed by atoms with E-state index in [1.54, 1.807) is 18.2 Å². The largest absolute Gasteiger partial charge is 0.374 e. The van der Waals surface area contributed by atoms with Crippen LogP contribution in [0.4, 0.5) is 8.78 Å². The van der Waals surface area contributed by atoms with E-state index in [1.165, 1.54) is 18.2 Å². The second-order valence-electron chi connectivity index (χ2n) is 2.93. The predicted octanol–water partition coefficient (Wildman–Crippen LogP) is 2.67. The summed E-state index contributed by atoms with van der Waals surface area (Å²) in [5.41, 5.74) is 0. The summed E-state index contributed by atoms with van der Waals surface area (Å²) in [5.74, 6) is -1.30. The third kappa shape index (κ3) is 3.66. The number of amides is 1. The summed E-state index contributed by atoms with van der Waals surface area (Å²) >= 11 is 0.225. The van der Waals surface area contributed by atoms with E-state index >= 15 is 0 Å². The van der Waals surface area contributed by atoms with Crippen molar-refractivity contribution in [1.29, 1.82) is 0 Å². The van der Waals surface area contributed by atoms with E-state index in [2.05, 4.69) is 11.9 Å². The fourth-order valence-corrected chi connectivity index (χ4v) is 1.70. The molecule has 2 nitrogen and oxygen atoms in total. The zero-order chi connectivity index (χ0) is 12.0. The summed E-state index contributed by atoms with van der Waals surface area (Å²) in [6.07, 6.45) is 1.35. The highest BCUT2D eigenvalue weighted by Crippen LogP contribution is 2.35. The number of halogens is 2. The Morgan fingerprint density at radius 1 is 1.44 bits per heavy atom. The van der Waals surface area contributed by atoms with Crippen LogP contribution in [0.2, 0.25) is 0 Å². The van der Waals surface area contributed by atoms with Crippen molar-refractivity contribution in [2.45, 2.75) is 10.2 Å². The molecule has 86 valence electrons. The third-order valence-corrected chi connectivity index (χ3v) is 2.61. The van der Waals surface area contributed by atoms with Crippen molar-refractivity contribution in [3.05, 3.63) is 43.0 Å². The lowest BCUT2D eigenvalue weighted by Gasteiger charge is -2.14. The number of carbonyl (C=O) groups is 1. The summed E-state index contributed by atoms with van der Waals surface area (Å²) < 4.78 is 26.7. The molecule has 0 heterocycles. The van der Waals surface area contributed by atoms with Crippen molar-refractivity contribution in [2.75, 3.05) is 6.54 Å². The quantitative estimate of drug-likeness (QED) is 0.636. The van der Waals surface area contributed by atoms with Gasteiger partial charge in [0.1, 0.15) is 0 Å². The highest BCUT2D eigenvalue weighted by atomic mass is 32.2. The van der Waals surface area contributed by atoms with Gasteiger partial charge in [0.25, 0.3) is 0 Å². The Kier molecular flexibility index (Phi) is 4.49. The fourth-order valence-electron chi connectivity index (χ4n) is 0.951. The molecular weight excluding hydrogens is 232 g/mol. The monoisotopic (exact) mass is 243 g/mol. The number of hydrogen-bond acceptors (Lipinski definition) is 2. The van der Waals surface area contributed by atoms with Crippen LogP contribution in [0.5, 0.6) is 0 Å². The minimum absolute atomic E-state index is 0.0315. The molecule has 0 radical (unpaired) electrons. The molecule has 0 saturated carbocycles. The number of alkyl halides is 2. The zero-order valence-corrected chi connectivity index (χ0v) is 9.27. The van der Waals surface area contributed by atoms with E-state index < -0.39 is 11.2 Å². The van der Waals surface area contributed by atoms with Crippen LogP contribution in [-0.4, -0.2) is 17.7 Å². The zero-order valence-electron chi connectivity index (χ0n) is 8.45. The average Bonchev–Trinajstić information content (AvgIpc) is 2.26. The predicted molar refractivity (Wildman–Crippen MR) is 60.5 cm³/mol. The summed E-state index contributed by atoms with van der Waals surface area (Å²) in [6, 6.07) is 8.05. The Labute approximate surface area is 96.7 Å². The summed E-state index contributed by atoms with van der Waals surface area (Å²) in [5, 5.41) is -1.40. The van der Waals surface area contributed by atoms with E-state index in [9.17, 15) is 13.6 Å². The van der Waals surface area contributed by atoms with Gasteiger partial charge in [-0.25, -0.2) is 0 Å². The Morgan fingerprint density at radius 2 is 2.06 bits per heavy atom. The number of benzene rings is 1. The third-order valence-electron chi connectivity index (χ3n) is 1.66. The lowest BCUT2D eigenvalue weighted by Crippen LogP contribution is -2.37. The first kappa shape index (κ1) is 12.7. The van der Waals surface area contributed by atoms with E-state index in [4.69, 9.17) is 0 Å². The smallest absolute Gasteiger partial charge is 0.347 e. The van der Waals surface area contributed by atoms with Gasteiger partial charge in [0, 0.05) is 11.4 Å². The van der Waals surface area contributed by atoms with Gasteiger partial charge in [-0.15, -0.1) is 6.58 Å². The highest BCUT2D eigenvalue weighted by Gasteiger charge is 2.39. The van der Waals surface area contributed by atoms with Crippen molar-refractivity contribution in [1.82, 2.24) is 5.32 Å². The van der Waals surface area contributed by atoms with Gasteiger partial charge in [0.05, 0.1) is 0 Å². The molecule has 0 aromatic heterocycles. The van der Waals surface area contributed by atoms with Gasteiger partial charge >= 0.3 is 11.2 Å². The molecule has 1 aromatic rings. The van der Waals surface area contributed by atoms with Gasteiger partial charge < -0.3 is 5.32 Å². The van der Waals surface area contributed by atoms with Crippen LogP contribution < -0.4 is 5.32 Å². The molecule has 0 aliphatic rings. The average molecular weight is 243 g/mol. The van der Waals surface area contributed by atoms with Crippen molar-refractivity contribution < 1.29 is 13.6 Å². The molecule has 0 aliphatic heterocycles. The van der Waals surface area contributed by atoms with Gasteiger partial charge in [0.2, 0.25) is 0 Å². The first-order chi connectivity index (χ1) is 7.56. The molecule has 0 atom stereocenters. The van der Waals surface area contributed by atoms with Gasteiger partial charge in [0.15, 0.2) is 0 Å². The SMILES string of the molecule is C=CCNC(=O)C(F)(F)Sc1ccccc1. The van der Waals surface area contributed by atoms with Crippen LogP contribution in [0.25, 0.3) is 0 Å². The van der Waals surface area contributed by atoms with Gasteiger partial charge in [-0.05, 0) is 23.9 Å². The topological polar surface area (TPSA) is 29.1 Å². The molecule has 1 amide bonds. The Morgan fingerprint density at radius 3 is 2.62 bits per heavy atom. The Bertz CT molecular complexity index is 368. The van der Waals surface area contributed by atoms with Crippen LogP contribution in [0, 0.1) is 0 Å². The Hall–Kier alpha value is -1.36. The molecular formula is C11H11F2NOS. The molecule has 0 fully saturated rings. The standard InChI is InChI=1S/C11H11F2NOS/c1-2-8-14-10(15)11(12,13)16-9-6-4-3-5-7-9/h2-7H,1,8H2,(H,14,15). The molecule has 0 unspecified atom stereocenters. The number of hydrogen-bond donors (Lipinski definition) is 1. The molecule has 1 aromatic carbocycles. The minimum atomic E-state index is -3.47. The molecule has 16 heavy (non-hydrogen) atoms. The number of rotatable bonds is 5. The molecule has 0 spiro atoms. The van der Waals surface area contributed by atoms with Gasteiger partial charge in [-0.2, -0.15) is 8.78 Å². The Balaban J connectivity index is 2.64. The van der Waals surface area contributed by atoms with Crippen LogP contribution in [0.3, 0.4) is 0 Å². The maximum Gasteiger partial charge on any atom is 0.374 e. The van der Waals surface area contributed by atoms with Gasteiger partial charge in [-0.1, -0.05) is 24.3 Å². The van der Waals surface area contributed by atoms with Crippen LogP contribution in [0.1, 0.15) is 0 Å². The summed E-state index contributed by atoms with van der Waals surface area (Å²) in [4.78, 5) is 11.4. The number of thioether (sulfide) groups is 1. The van der Waals surface area contributed by atoms with Crippen molar-refractivity contribution in [3.63, 3.8) is 0 Å². The molecule has 0 bridgehead atoms. The van der Waals surface area contributed by atoms with Crippen LogP contribution in [0.15, 0.2) is 47.9 Å². The van der Waals surface area contributed by atoms with E-state index in [1.807, 2.05) is 0 Å². The molecule has 5 heteroatoms. The van der Waals surface area contributed by atoms with E-state index in [0.717, 1.165) is 0 Å². The summed E-state index contributed by atoms with van der Waals surface area (Å²) in [6.45, 7) is 3.36. The normalized spacial score (nSPS) is 10.9. The van der Waals surface area contributed by atoms with E-state index in [0.29, 0.717) is 4.90 Å². The highest BCUT2D eigenvalue weighted by molar-refractivity contribution is 8.01. The maximum atomic E-state index is 13.3. The second kappa shape index (κ2) is 5.65. The van der Waals surface area contributed by atoms with Crippen LogP contribution in [-0.2, 0) is 4.79 Å². The lowest BCUT2D eigenvalue weighted by atomic mass is 10.4. The molecule has 1 rings (SSSR count). The van der Waals surface area contributed by atoms with Crippen molar-refractivity contribution in [3.8, 4) is 0 Å². The number of nitrogens with one attached hydrogen (secondary N) is 1. The van der Waals surface area contributed by atoms with Crippen molar-refractivity contribution >= 4 is 17.7 Å². The lowest BCUT2D eigenvalue weighted by molar-refractivity contribution is -0.134. The number of carbonyl (C=O) groups excluding carboxylic acids is 1. The first-order valence-electron chi connectivity index (χ1n) is 4.57. The molecule has 0 aliphatic carbocycles. The van der Waals surface area contributed by atoms with Gasteiger partial charge in [-0.3, -0.25) is 4.79 Å². The molecule has 1 N–H and O–H groups in total. The minimum Gasteiger partial charge on any atom is -0.347 e. The second-order valence-corrected chi connectivity index (χ2v) is 4.12. The van der Waals surface area contributed by atoms with Crippen molar-refractivity contribution in [2.24, 2.45) is 0 Å². The maximum absolute atomic E-state index is 13.3. The summed E-state index contributed by atoms with van der Waals surface area (Å²) in [7, 11) is 0. The van der Waals surface area contributed by atoms with Crippen LogP contribution >= 0.6 is 11.8 Å². The fraction of sp³-hybridized carbons (Fsp3) is 0.182. The first-order valence-corrected chi connectivity index (χ1v) is 5.39.